The highest BCUT2D eigenvalue weighted by atomic mass is 16.6. The van der Waals surface area contributed by atoms with Crippen LogP contribution in [-0.4, -0.2) is 33.6 Å². The third kappa shape index (κ3) is 1.75. The zero-order chi connectivity index (χ0) is 13.4. The van der Waals surface area contributed by atoms with Crippen LogP contribution < -0.4 is 5.73 Å². The summed E-state index contributed by atoms with van der Waals surface area (Å²) in [5, 5.41) is 7.06. The molecule has 0 saturated carbocycles. The number of anilines is 1. The third-order valence-corrected chi connectivity index (χ3v) is 3.04. The van der Waals surface area contributed by atoms with Gasteiger partial charge in [0.2, 0.25) is 0 Å². The van der Waals surface area contributed by atoms with E-state index < -0.39 is 0 Å². The van der Waals surface area contributed by atoms with Crippen molar-refractivity contribution in [3.8, 4) is 0 Å². The molecule has 2 amide bonds. The average molecular weight is 258 g/mol. The summed E-state index contributed by atoms with van der Waals surface area (Å²) in [5.41, 5.74) is 6.82. The lowest BCUT2D eigenvalue weighted by Gasteiger charge is -2.12. The molecule has 19 heavy (non-hydrogen) atoms. The maximum Gasteiger partial charge on any atom is 0.261 e. The van der Waals surface area contributed by atoms with Gasteiger partial charge >= 0.3 is 0 Å². The Hall–Kier alpha value is -2.70. The highest BCUT2D eigenvalue weighted by Crippen LogP contribution is 2.22. The first-order chi connectivity index (χ1) is 9.18. The van der Waals surface area contributed by atoms with Crippen LogP contribution in [0.15, 0.2) is 28.9 Å². The van der Waals surface area contributed by atoms with Gasteiger partial charge < -0.3 is 5.73 Å². The van der Waals surface area contributed by atoms with E-state index in [0.717, 1.165) is 0 Å². The lowest BCUT2D eigenvalue weighted by Crippen LogP contribution is -2.31. The third-order valence-electron chi connectivity index (χ3n) is 3.04. The maximum atomic E-state index is 12.1. The van der Waals surface area contributed by atoms with E-state index in [2.05, 4.69) is 14.9 Å². The topological polar surface area (TPSA) is 102 Å². The molecule has 2 aromatic rings. The van der Waals surface area contributed by atoms with Crippen molar-refractivity contribution in [2.24, 2.45) is 0 Å². The molecule has 3 rings (SSSR count). The molecule has 96 valence electrons. The minimum Gasteiger partial charge on any atom is -0.379 e. The summed E-state index contributed by atoms with van der Waals surface area (Å²) < 4.78 is 4.46. The second kappa shape index (κ2) is 4.20. The van der Waals surface area contributed by atoms with Gasteiger partial charge in [-0.3, -0.25) is 14.5 Å². The second-order valence-electron chi connectivity index (χ2n) is 4.15. The Balaban J connectivity index is 1.79. The van der Waals surface area contributed by atoms with Crippen LogP contribution in [0.3, 0.4) is 0 Å². The number of imide groups is 1. The fourth-order valence-corrected chi connectivity index (χ4v) is 2.05. The van der Waals surface area contributed by atoms with Gasteiger partial charge in [0.25, 0.3) is 11.8 Å². The van der Waals surface area contributed by atoms with Crippen LogP contribution in [0.1, 0.15) is 26.4 Å². The first-order valence-corrected chi connectivity index (χ1v) is 5.70. The standard InChI is InChI=1S/C12H10N4O3/c13-10-9(14-19-15-10)5-6-16-11(17)7-3-1-2-4-8(7)12(16)18/h1-4H,5-6H2,(H2,13,15). The number of nitrogens with zero attached hydrogens (tertiary/aromatic N) is 3. The summed E-state index contributed by atoms with van der Waals surface area (Å²) in [5.74, 6) is -0.414. The van der Waals surface area contributed by atoms with Crippen molar-refractivity contribution in [3.63, 3.8) is 0 Å². The summed E-state index contributed by atoms with van der Waals surface area (Å²) in [6.07, 6.45) is 0.320. The monoisotopic (exact) mass is 258 g/mol. The van der Waals surface area contributed by atoms with Crippen LogP contribution in [0.5, 0.6) is 0 Å². The summed E-state index contributed by atoms with van der Waals surface area (Å²) >= 11 is 0. The number of nitrogen functional groups attached to an aromatic ring is 1. The molecule has 0 radical (unpaired) electrons. The van der Waals surface area contributed by atoms with Crippen LogP contribution in [0.4, 0.5) is 5.82 Å². The molecular formula is C12H10N4O3. The maximum absolute atomic E-state index is 12.1. The van der Waals surface area contributed by atoms with Gasteiger partial charge in [0, 0.05) is 13.0 Å². The predicted molar refractivity (Wildman–Crippen MR) is 64.2 cm³/mol. The first-order valence-electron chi connectivity index (χ1n) is 5.70. The Morgan fingerprint density at radius 3 is 2.26 bits per heavy atom. The van der Waals surface area contributed by atoms with Gasteiger partial charge in [-0.15, -0.1) is 0 Å². The van der Waals surface area contributed by atoms with Crippen molar-refractivity contribution >= 4 is 17.6 Å². The van der Waals surface area contributed by atoms with E-state index in [9.17, 15) is 9.59 Å². The van der Waals surface area contributed by atoms with Crippen molar-refractivity contribution in [3.05, 3.63) is 41.1 Å². The van der Waals surface area contributed by atoms with Gasteiger partial charge in [-0.2, -0.15) is 0 Å². The lowest BCUT2D eigenvalue weighted by atomic mass is 10.1. The lowest BCUT2D eigenvalue weighted by molar-refractivity contribution is 0.0655. The minimum atomic E-state index is -0.296. The van der Waals surface area contributed by atoms with Gasteiger partial charge in [0.1, 0.15) is 5.69 Å². The molecule has 0 unspecified atom stereocenters. The zero-order valence-electron chi connectivity index (χ0n) is 9.87. The molecule has 1 aliphatic rings. The van der Waals surface area contributed by atoms with E-state index in [0.29, 0.717) is 23.2 Å². The number of amides is 2. The van der Waals surface area contributed by atoms with Crippen molar-refractivity contribution in [1.82, 2.24) is 15.2 Å². The van der Waals surface area contributed by atoms with E-state index in [1.54, 1.807) is 24.3 Å². The van der Waals surface area contributed by atoms with Gasteiger partial charge in [0.15, 0.2) is 5.82 Å². The highest BCUT2D eigenvalue weighted by Gasteiger charge is 2.34. The largest absolute Gasteiger partial charge is 0.379 e. The first kappa shape index (κ1) is 11.4. The van der Waals surface area contributed by atoms with Gasteiger partial charge in [-0.25, -0.2) is 4.63 Å². The number of nitrogens with two attached hydrogens (primary N) is 1. The van der Waals surface area contributed by atoms with E-state index in [1.165, 1.54) is 4.90 Å². The zero-order valence-corrected chi connectivity index (χ0v) is 9.87. The molecule has 2 heterocycles. The fraction of sp³-hybridized carbons (Fsp3) is 0.167. The summed E-state index contributed by atoms with van der Waals surface area (Å²) in [4.78, 5) is 25.3. The highest BCUT2D eigenvalue weighted by molar-refractivity contribution is 6.21. The number of carbonyl (C=O) groups is 2. The number of hydrogen-bond acceptors (Lipinski definition) is 6. The number of aromatic nitrogens is 2. The summed E-state index contributed by atoms with van der Waals surface area (Å²) in [6, 6.07) is 6.74. The van der Waals surface area contributed by atoms with Crippen molar-refractivity contribution < 1.29 is 14.2 Å². The number of hydrogen-bond donors (Lipinski definition) is 1. The molecule has 2 N–H and O–H groups in total. The van der Waals surface area contributed by atoms with Gasteiger partial charge in [0.05, 0.1) is 11.1 Å². The fourth-order valence-electron chi connectivity index (χ4n) is 2.05. The molecule has 0 spiro atoms. The quantitative estimate of drug-likeness (QED) is 0.804. The predicted octanol–water partition coefficient (Wildman–Crippen LogP) is 0.490. The van der Waals surface area contributed by atoms with E-state index in [4.69, 9.17) is 5.73 Å². The summed E-state index contributed by atoms with van der Waals surface area (Å²) in [6.45, 7) is 0.199. The average Bonchev–Trinajstić information content (AvgIpc) is 2.93. The number of carbonyl (C=O) groups excluding carboxylic acids is 2. The second-order valence-corrected chi connectivity index (χ2v) is 4.15. The minimum absolute atomic E-state index is 0.177. The van der Waals surface area contributed by atoms with E-state index >= 15 is 0 Å². The molecule has 0 bridgehead atoms. The Morgan fingerprint density at radius 1 is 1.11 bits per heavy atom. The van der Waals surface area contributed by atoms with Gasteiger partial charge in [-0.1, -0.05) is 17.3 Å². The Labute approximate surface area is 108 Å². The molecule has 1 aliphatic heterocycles. The van der Waals surface area contributed by atoms with Crippen LogP contribution in [0, 0.1) is 0 Å². The molecule has 0 saturated heterocycles. The molecule has 0 fully saturated rings. The van der Waals surface area contributed by atoms with Crippen LogP contribution >= 0.6 is 0 Å². The molecule has 7 heteroatoms. The van der Waals surface area contributed by atoms with Crippen LogP contribution in [0.2, 0.25) is 0 Å². The molecule has 0 atom stereocenters. The number of fused-ring (bicyclic) bond motifs is 1. The Bertz CT molecular complexity index is 629. The normalized spacial score (nSPS) is 14.0. The van der Waals surface area contributed by atoms with E-state index in [-0.39, 0.29) is 24.2 Å². The Morgan fingerprint density at radius 2 is 1.74 bits per heavy atom. The molecule has 1 aromatic heterocycles. The number of benzene rings is 1. The van der Waals surface area contributed by atoms with Crippen LogP contribution in [-0.2, 0) is 6.42 Å². The number of rotatable bonds is 3. The van der Waals surface area contributed by atoms with Crippen molar-refractivity contribution in [1.29, 1.82) is 0 Å². The van der Waals surface area contributed by atoms with Crippen molar-refractivity contribution in [2.45, 2.75) is 6.42 Å². The molecule has 1 aromatic carbocycles. The SMILES string of the molecule is Nc1nonc1CCN1C(=O)c2ccccc2C1=O. The molecular weight excluding hydrogens is 248 g/mol. The molecule has 7 nitrogen and oxygen atoms in total. The smallest absolute Gasteiger partial charge is 0.261 e. The Kier molecular flexibility index (Phi) is 2.52. The van der Waals surface area contributed by atoms with Crippen LogP contribution in [0.25, 0.3) is 0 Å². The van der Waals surface area contributed by atoms with E-state index in [1.807, 2.05) is 0 Å². The molecule has 0 aliphatic carbocycles. The summed E-state index contributed by atoms with van der Waals surface area (Å²) in [7, 11) is 0. The van der Waals surface area contributed by atoms with Crippen molar-refractivity contribution in [2.75, 3.05) is 12.3 Å². The van der Waals surface area contributed by atoms with Gasteiger partial charge in [-0.05, 0) is 17.3 Å².